The van der Waals surface area contributed by atoms with Gasteiger partial charge in [0, 0.05) is 11.6 Å². The fraction of sp³-hybridized carbons (Fsp3) is 0.167. The Kier molecular flexibility index (Phi) is 3.37. The number of aromatic nitrogens is 2. The third kappa shape index (κ3) is 2.82. The van der Waals surface area contributed by atoms with Crippen molar-refractivity contribution in [3.8, 4) is 11.6 Å². The van der Waals surface area contributed by atoms with Crippen LogP contribution in [0.1, 0.15) is 11.1 Å². The highest BCUT2D eigenvalue weighted by atomic mass is 19.1. The normalized spacial score (nSPS) is 10.3. The van der Waals surface area contributed by atoms with E-state index in [4.69, 9.17) is 4.74 Å². The van der Waals surface area contributed by atoms with Gasteiger partial charge in [0.05, 0.1) is 11.0 Å². The maximum absolute atomic E-state index is 12.9. The van der Waals surface area contributed by atoms with Gasteiger partial charge < -0.3 is 4.74 Å². The summed E-state index contributed by atoms with van der Waals surface area (Å²) in [6.45, 7) is 3.27. The summed E-state index contributed by atoms with van der Waals surface area (Å²) in [5, 5.41) is 10.8. The predicted octanol–water partition coefficient (Wildman–Crippen LogP) is 2.93. The molecule has 0 aliphatic carbocycles. The smallest absolute Gasteiger partial charge is 0.272 e. The van der Waals surface area contributed by atoms with Gasteiger partial charge in [-0.1, -0.05) is 0 Å². The molecule has 0 saturated carbocycles. The van der Waals surface area contributed by atoms with Crippen molar-refractivity contribution in [3.05, 3.63) is 51.7 Å². The molecule has 6 nitrogen and oxygen atoms in total. The van der Waals surface area contributed by atoms with Gasteiger partial charge in [-0.05, 0) is 25.5 Å². The third-order valence-corrected chi connectivity index (χ3v) is 2.51. The van der Waals surface area contributed by atoms with Crippen LogP contribution in [0.2, 0.25) is 0 Å². The van der Waals surface area contributed by atoms with Gasteiger partial charge in [-0.25, -0.2) is 9.97 Å². The molecule has 0 aliphatic rings. The lowest BCUT2D eigenvalue weighted by molar-refractivity contribution is -0.385. The largest absolute Gasteiger partial charge is 0.439 e. The van der Waals surface area contributed by atoms with E-state index in [1.165, 1.54) is 12.1 Å². The van der Waals surface area contributed by atoms with Crippen LogP contribution >= 0.6 is 0 Å². The lowest BCUT2D eigenvalue weighted by atomic mass is 10.1. The highest BCUT2D eigenvalue weighted by Gasteiger charge is 2.14. The van der Waals surface area contributed by atoms with Crippen molar-refractivity contribution >= 4 is 5.69 Å². The fourth-order valence-corrected chi connectivity index (χ4v) is 1.57. The third-order valence-electron chi connectivity index (χ3n) is 2.51. The Morgan fingerprint density at radius 2 is 1.95 bits per heavy atom. The fourth-order valence-electron chi connectivity index (χ4n) is 1.57. The molecule has 1 aromatic carbocycles. The maximum Gasteiger partial charge on any atom is 0.272 e. The number of nitro benzene ring substituents is 1. The van der Waals surface area contributed by atoms with Gasteiger partial charge in [-0.3, -0.25) is 10.1 Å². The molecule has 98 valence electrons. The summed E-state index contributed by atoms with van der Waals surface area (Å²) < 4.78 is 18.3. The molecule has 19 heavy (non-hydrogen) atoms. The number of halogens is 1. The number of nitro groups is 1. The quantitative estimate of drug-likeness (QED) is 0.483. The number of nitrogens with zero attached hydrogens (tertiary/aromatic N) is 3. The molecule has 1 aromatic heterocycles. The van der Waals surface area contributed by atoms with Crippen LogP contribution in [0, 0.1) is 29.9 Å². The first-order valence-corrected chi connectivity index (χ1v) is 5.38. The summed E-state index contributed by atoms with van der Waals surface area (Å²) >= 11 is 0. The van der Waals surface area contributed by atoms with Crippen molar-refractivity contribution in [2.24, 2.45) is 0 Å². The molecule has 2 rings (SSSR count). The number of hydrogen-bond acceptors (Lipinski definition) is 5. The Hall–Kier alpha value is -2.57. The number of benzene rings is 1. The van der Waals surface area contributed by atoms with E-state index in [2.05, 4.69) is 9.97 Å². The van der Waals surface area contributed by atoms with Crippen molar-refractivity contribution in [1.29, 1.82) is 0 Å². The Bertz CT molecular complexity index is 646. The molecule has 0 amide bonds. The summed E-state index contributed by atoms with van der Waals surface area (Å²) in [5.41, 5.74) is 1.04. The Balaban J connectivity index is 2.36. The second-order valence-electron chi connectivity index (χ2n) is 3.94. The van der Waals surface area contributed by atoms with E-state index in [9.17, 15) is 14.5 Å². The van der Waals surface area contributed by atoms with Crippen molar-refractivity contribution in [2.75, 3.05) is 0 Å². The number of hydrogen-bond donors (Lipinski definition) is 0. The predicted molar refractivity (Wildman–Crippen MR) is 64.6 cm³/mol. The van der Waals surface area contributed by atoms with E-state index < -0.39 is 10.9 Å². The summed E-state index contributed by atoms with van der Waals surface area (Å²) in [4.78, 5) is 17.4. The molecule has 2 aromatic rings. The minimum Gasteiger partial charge on any atom is -0.439 e. The number of ether oxygens (including phenoxy) is 1. The maximum atomic E-state index is 12.9. The first-order chi connectivity index (χ1) is 8.97. The SMILES string of the molecule is Cc1cc([N+](=O)[O-])c(C)cc1Oc1cc(F)ncn1. The zero-order chi connectivity index (χ0) is 14.0. The first kappa shape index (κ1) is 12.9. The van der Waals surface area contributed by atoms with Gasteiger partial charge in [-0.2, -0.15) is 4.39 Å². The lowest BCUT2D eigenvalue weighted by Crippen LogP contribution is -1.97. The second kappa shape index (κ2) is 4.97. The van der Waals surface area contributed by atoms with Gasteiger partial charge in [0.15, 0.2) is 0 Å². The van der Waals surface area contributed by atoms with Gasteiger partial charge in [0.1, 0.15) is 12.1 Å². The molecular weight excluding hydrogens is 253 g/mol. The Morgan fingerprint density at radius 1 is 1.21 bits per heavy atom. The first-order valence-electron chi connectivity index (χ1n) is 5.38. The molecule has 0 bridgehead atoms. The number of rotatable bonds is 3. The van der Waals surface area contributed by atoms with Crippen LogP contribution in [0.15, 0.2) is 24.5 Å². The molecule has 0 radical (unpaired) electrons. The van der Waals surface area contributed by atoms with Crippen LogP contribution in [-0.4, -0.2) is 14.9 Å². The molecule has 0 saturated heterocycles. The average molecular weight is 263 g/mol. The zero-order valence-corrected chi connectivity index (χ0v) is 10.3. The molecule has 1 heterocycles. The topological polar surface area (TPSA) is 78.2 Å². The standard InChI is InChI=1S/C12H10FN3O3/c1-7-4-10(8(2)3-9(7)16(17)18)19-12-5-11(13)14-6-15-12/h3-6H,1-2H3. The van der Waals surface area contributed by atoms with Crippen LogP contribution in [0.25, 0.3) is 0 Å². The molecular formula is C12H10FN3O3. The van der Waals surface area contributed by atoms with Crippen LogP contribution in [0.4, 0.5) is 10.1 Å². The molecule has 7 heteroatoms. The van der Waals surface area contributed by atoms with Gasteiger partial charge in [0.25, 0.3) is 5.69 Å². The molecule has 0 unspecified atom stereocenters. The Morgan fingerprint density at radius 3 is 2.58 bits per heavy atom. The lowest BCUT2D eigenvalue weighted by Gasteiger charge is -2.08. The number of aryl methyl sites for hydroxylation is 2. The molecule has 0 aliphatic heterocycles. The molecule has 0 atom stereocenters. The van der Waals surface area contributed by atoms with E-state index in [0.717, 1.165) is 12.4 Å². The second-order valence-corrected chi connectivity index (χ2v) is 3.94. The van der Waals surface area contributed by atoms with Crippen LogP contribution in [0.3, 0.4) is 0 Å². The summed E-state index contributed by atoms with van der Waals surface area (Å²) in [6.07, 6.45) is 1.04. The van der Waals surface area contributed by atoms with Crippen molar-refractivity contribution in [1.82, 2.24) is 9.97 Å². The van der Waals surface area contributed by atoms with Crippen molar-refractivity contribution in [3.63, 3.8) is 0 Å². The molecule has 0 N–H and O–H groups in total. The van der Waals surface area contributed by atoms with Crippen molar-refractivity contribution in [2.45, 2.75) is 13.8 Å². The summed E-state index contributed by atoms with van der Waals surface area (Å²) in [5.74, 6) is -0.272. The van der Waals surface area contributed by atoms with Crippen LogP contribution < -0.4 is 4.74 Å². The molecule has 0 spiro atoms. The Labute approximate surface area is 108 Å². The van der Waals surface area contributed by atoms with E-state index in [0.29, 0.717) is 16.9 Å². The highest BCUT2D eigenvalue weighted by Crippen LogP contribution is 2.30. The van der Waals surface area contributed by atoms with Crippen LogP contribution in [0.5, 0.6) is 11.6 Å². The van der Waals surface area contributed by atoms with E-state index in [1.807, 2.05) is 0 Å². The minimum atomic E-state index is -0.707. The average Bonchev–Trinajstić information content (AvgIpc) is 2.33. The van der Waals surface area contributed by atoms with Gasteiger partial charge in [-0.15, -0.1) is 0 Å². The van der Waals surface area contributed by atoms with E-state index in [1.54, 1.807) is 13.8 Å². The van der Waals surface area contributed by atoms with Crippen molar-refractivity contribution < 1.29 is 14.1 Å². The minimum absolute atomic E-state index is 0.0127. The van der Waals surface area contributed by atoms with Crippen LogP contribution in [-0.2, 0) is 0 Å². The molecule has 0 fully saturated rings. The zero-order valence-electron chi connectivity index (χ0n) is 10.3. The summed E-state index contributed by atoms with van der Waals surface area (Å²) in [7, 11) is 0. The van der Waals surface area contributed by atoms with E-state index >= 15 is 0 Å². The van der Waals surface area contributed by atoms with Gasteiger partial charge >= 0.3 is 0 Å². The van der Waals surface area contributed by atoms with Gasteiger partial charge in [0.2, 0.25) is 11.8 Å². The highest BCUT2D eigenvalue weighted by molar-refractivity contribution is 5.50. The monoisotopic (exact) mass is 263 g/mol. The summed E-state index contributed by atoms with van der Waals surface area (Å²) in [6, 6.07) is 3.96. The van der Waals surface area contributed by atoms with E-state index in [-0.39, 0.29) is 11.6 Å².